The van der Waals surface area contributed by atoms with Crippen molar-refractivity contribution in [3.8, 4) is 0 Å². The van der Waals surface area contributed by atoms with Gasteiger partial charge in [0, 0.05) is 42.8 Å². The number of benzene rings is 2. The lowest BCUT2D eigenvalue weighted by Crippen LogP contribution is -2.50. The summed E-state index contributed by atoms with van der Waals surface area (Å²) in [5, 5.41) is 17.5. The molecule has 0 aromatic heterocycles. The van der Waals surface area contributed by atoms with Crippen LogP contribution in [0.4, 0.5) is 16.2 Å². The highest BCUT2D eigenvalue weighted by molar-refractivity contribution is 6.30. The molecule has 2 heterocycles. The van der Waals surface area contributed by atoms with Gasteiger partial charge in [0.2, 0.25) is 0 Å². The fourth-order valence-corrected chi connectivity index (χ4v) is 4.59. The van der Waals surface area contributed by atoms with Gasteiger partial charge in [-0.2, -0.15) is 0 Å². The fraction of sp³-hybridized carbons (Fsp3) is 0.391. The smallest absolute Gasteiger partial charge is 0.316 e. The van der Waals surface area contributed by atoms with Gasteiger partial charge in [-0.1, -0.05) is 23.7 Å². The molecule has 0 bridgehead atoms. The second-order valence-electron chi connectivity index (χ2n) is 8.33. The molecule has 2 saturated heterocycles. The number of nitrogens with one attached hydrogen (secondary N) is 2. The predicted octanol–water partition coefficient (Wildman–Crippen LogP) is 2.27. The lowest BCUT2D eigenvalue weighted by atomic mass is 10.0. The summed E-state index contributed by atoms with van der Waals surface area (Å²) in [7, 11) is 0. The Kier molecular flexibility index (Phi) is 6.83. The first-order valence-corrected chi connectivity index (χ1v) is 11.2. The van der Waals surface area contributed by atoms with Gasteiger partial charge in [0.05, 0.1) is 23.5 Å². The van der Waals surface area contributed by atoms with Gasteiger partial charge in [-0.3, -0.25) is 4.79 Å². The van der Waals surface area contributed by atoms with Crippen molar-refractivity contribution in [1.82, 2.24) is 10.2 Å². The van der Waals surface area contributed by atoms with Crippen LogP contribution in [-0.4, -0.2) is 66.3 Å². The van der Waals surface area contributed by atoms with E-state index in [-0.39, 0.29) is 18.0 Å². The molecule has 2 fully saturated rings. The minimum absolute atomic E-state index is 0.0192. The van der Waals surface area contributed by atoms with Crippen LogP contribution in [0.25, 0.3) is 0 Å². The Morgan fingerprint density at radius 3 is 2.41 bits per heavy atom. The third-order valence-corrected chi connectivity index (χ3v) is 6.37. The molecule has 2 aromatic carbocycles. The number of nitrogens with zero attached hydrogens (tertiary/aromatic N) is 2. The standard InChI is InChI=1S/C23H28ClN5O3/c24-16-7-5-15(6-8-16)22(31)28-11-9-17(10-12-28)26-19-13-29(14-21(19)30)20-4-2-1-3-18(20)27-23(25)32/h1-8,17,19,21,26,30H,9-14H2,(H3,25,27,32)/t19-,21-/m1/s1. The van der Waals surface area contributed by atoms with Gasteiger partial charge in [0.1, 0.15) is 0 Å². The molecule has 2 aliphatic rings. The summed E-state index contributed by atoms with van der Waals surface area (Å²) in [5.74, 6) is 0.0192. The zero-order valence-electron chi connectivity index (χ0n) is 17.7. The first kappa shape index (κ1) is 22.4. The number of likely N-dealkylation sites (tertiary alicyclic amines) is 1. The van der Waals surface area contributed by atoms with E-state index in [2.05, 4.69) is 10.6 Å². The molecule has 2 atom stereocenters. The highest BCUT2D eigenvalue weighted by Gasteiger charge is 2.35. The number of hydrogen-bond donors (Lipinski definition) is 4. The SMILES string of the molecule is NC(=O)Nc1ccccc1N1C[C@@H](O)[C@H](NC2CCN(C(=O)c3ccc(Cl)cc3)CC2)C1. The summed E-state index contributed by atoms with van der Waals surface area (Å²) >= 11 is 5.91. The topological polar surface area (TPSA) is 111 Å². The summed E-state index contributed by atoms with van der Waals surface area (Å²) in [6, 6.07) is 13.9. The number of aliphatic hydroxyl groups is 1. The van der Waals surface area contributed by atoms with Crippen LogP contribution in [0, 0.1) is 0 Å². The molecular formula is C23H28ClN5O3. The third kappa shape index (κ3) is 5.15. The van der Waals surface area contributed by atoms with Crippen LogP contribution < -0.4 is 21.3 Å². The average Bonchev–Trinajstić information content (AvgIpc) is 3.14. The molecule has 4 rings (SSSR count). The number of anilines is 2. The van der Waals surface area contributed by atoms with Crippen molar-refractivity contribution < 1.29 is 14.7 Å². The number of para-hydroxylation sites is 2. The first-order valence-electron chi connectivity index (χ1n) is 10.8. The molecule has 32 heavy (non-hydrogen) atoms. The van der Waals surface area contributed by atoms with Crippen LogP contribution in [0.15, 0.2) is 48.5 Å². The van der Waals surface area contributed by atoms with Crippen LogP contribution in [0.3, 0.4) is 0 Å². The van der Waals surface area contributed by atoms with Gasteiger partial charge in [-0.15, -0.1) is 0 Å². The number of halogens is 1. The molecular weight excluding hydrogens is 430 g/mol. The van der Waals surface area contributed by atoms with Crippen molar-refractivity contribution in [3.63, 3.8) is 0 Å². The van der Waals surface area contributed by atoms with E-state index in [4.69, 9.17) is 17.3 Å². The van der Waals surface area contributed by atoms with Gasteiger partial charge in [0.15, 0.2) is 0 Å². The second kappa shape index (κ2) is 9.77. The van der Waals surface area contributed by atoms with Crippen molar-refractivity contribution in [2.45, 2.75) is 31.0 Å². The Labute approximate surface area is 192 Å². The summed E-state index contributed by atoms with van der Waals surface area (Å²) < 4.78 is 0. The van der Waals surface area contributed by atoms with E-state index in [9.17, 15) is 14.7 Å². The molecule has 0 spiro atoms. The number of piperidine rings is 1. The van der Waals surface area contributed by atoms with Crippen LogP contribution >= 0.6 is 11.6 Å². The predicted molar refractivity (Wildman–Crippen MR) is 125 cm³/mol. The van der Waals surface area contributed by atoms with E-state index in [1.165, 1.54) is 0 Å². The maximum absolute atomic E-state index is 12.7. The highest BCUT2D eigenvalue weighted by Crippen LogP contribution is 2.29. The van der Waals surface area contributed by atoms with Crippen molar-refractivity contribution >= 4 is 34.9 Å². The molecule has 170 valence electrons. The van der Waals surface area contributed by atoms with E-state index in [0.29, 0.717) is 42.5 Å². The summed E-state index contributed by atoms with van der Waals surface area (Å²) in [6.45, 7) is 2.40. The minimum Gasteiger partial charge on any atom is -0.390 e. The molecule has 8 nitrogen and oxygen atoms in total. The van der Waals surface area contributed by atoms with Crippen molar-refractivity contribution in [1.29, 1.82) is 0 Å². The zero-order chi connectivity index (χ0) is 22.7. The van der Waals surface area contributed by atoms with Crippen molar-refractivity contribution in [2.24, 2.45) is 5.73 Å². The minimum atomic E-state index is -0.619. The molecule has 3 amide bonds. The number of carbonyl (C=O) groups excluding carboxylic acids is 2. The lowest BCUT2D eigenvalue weighted by molar-refractivity contribution is 0.0691. The fourth-order valence-electron chi connectivity index (χ4n) is 4.46. The van der Waals surface area contributed by atoms with Crippen LogP contribution in [0.1, 0.15) is 23.2 Å². The van der Waals surface area contributed by atoms with Gasteiger partial charge >= 0.3 is 6.03 Å². The van der Waals surface area contributed by atoms with Gasteiger partial charge in [0.25, 0.3) is 5.91 Å². The van der Waals surface area contributed by atoms with E-state index in [1.807, 2.05) is 28.0 Å². The van der Waals surface area contributed by atoms with E-state index >= 15 is 0 Å². The number of urea groups is 1. The number of nitrogens with two attached hydrogens (primary N) is 1. The second-order valence-corrected chi connectivity index (χ2v) is 8.76. The number of β-amino-alcohol motifs (C(OH)–C–C–N with tert-alkyl or cyclic N) is 1. The molecule has 2 aromatic rings. The highest BCUT2D eigenvalue weighted by atomic mass is 35.5. The van der Waals surface area contributed by atoms with Crippen molar-refractivity contribution in [2.75, 3.05) is 36.4 Å². The maximum atomic E-state index is 12.7. The van der Waals surface area contributed by atoms with Gasteiger partial charge in [-0.05, 0) is 49.2 Å². The molecule has 0 unspecified atom stereocenters. The average molecular weight is 458 g/mol. The lowest BCUT2D eigenvalue weighted by Gasteiger charge is -2.34. The molecule has 5 N–H and O–H groups in total. The Bertz CT molecular complexity index is 962. The molecule has 2 aliphatic heterocycles. The van der Waals surface area contributed by atoms with E-state index in [0.717, 1.165) is 18.5 Å². The van der Waals surface area contributed by atoms with Crippen LogP contribution in [-0.2, 0) is 0 Å². The molecule has 0 radical (unpaired) electrons. The van der Waals surface area contributed by atoms with Crippen LogP contribution in [0.2, 0.25) is 5.02 Å². The first-order chi connectivity index (χ1) is 15.4. The Hall–Kier alpha value is -2.81. The molecule has 0 aliphatic carbocycles. The Morgan fingerprint density at radius 1 is 1.03 bits per heavy atom. The van der Waals surface area contributed by atoms with Crippen LogP contribution in [0.5, 0.6) is 0 Å². The third-order valence-electron chi connectivity index (χ3n) is 6.11. The number of primary amides is 1. The number of hydrogen-bond acceptors (Lipinski definition) is 5. The summed E-state index contributed by atoms with van der Waals surface area (Å²) in [6.07, 6.45) is 1.11. The maximum Gasteiger partial charge on any atom is 0.316 e. The Morgan fingerprint density at radius 2 is 1.72 bits per heavy atom. The summed E-state index contributed by atoms with van der Waals surface area (Å²) in [4.78, 5) is 27.9. The van der Waals surface area contributed by atoms with Gasteiger partial charge < -0.3 is 31.3 Å². The number of rotatable bonds is 5. The summed E-state index contributed by atoms with van der Waals surface area (Å²) in [5.41, 5.74) is 7.38. The largest absolute Gasteiger partial charge is 0.390 e. The van der Waals surface area contributed by atoms with Gasteiger partial charge in [-0.25, -0.2) is 4.79 Å². The van der Waals surface area contributed by atoms with E-state index in [1.54, 1.807) is 30.3 Å². The molecule has 0 saturated carbocycles. The normalized spacial score (nSPS) is 21.6. The monoisotopic (exact) mass is 457 g/mol. The number of aliphatic hydroxyl groups excluding tert-OH is 1. The quantitative estimate of drug-likeness (QED) is 0.550. The van der Waals surface area contributed by atoms with Crippen molar-refractivity contribution in [3.05, 3.63) is 59.1 Å². The number of carbonyl (C=O) groups is 2. The Balaban J connectivity index is 1.32. The molecule has 9 heteroatoms. The number of amides is 3. The zero-order valence-corrected chi connectivity index (χ0v) is 18.5. The van der Waals surface area contributed by atoms with E-state index < -0.39 is 12.1 Å².